The van der Waals surface area contributed by atoms with Crippen molar-refractivity contribution in [3.63, 3.8) is 0 Å². The highest BCUT2D eigenvalue weighted by Gasteiger charge is 2.24. The number of anilines is 2. The van der Waals surface area contributed by atoms with Crippen LogP contribution in [0.15, 0.2) is 72.9 Å². The SMILES string of the molecule is CCn1c(CCC(=O)N2CCN(c3ccccn3)CCCN(C(=O)CC(C)C)c3ccccc3C2)nc2ccccc21. The predicted octanol–water partition coefficient (Wildman–Crippen LogP) is 5.70. The number of imidazole rings is 1. The second kappa shape index (κ2) is 13.6. The van der Waals surface area contributed by atoms with Gasteiger partial charge in [-0.15, -0.1) is 0 Å². The molecule has 5 rings (SSSR count). The fourth-order valence-electron chi connectivity index (χ4n) is 5.83. The van der Waals surface area contributed by atoms with Gasteiger partial charge in [0.15, 0.2) is 0 Å². The summed E-state index contributed by atoms with van der Waals surface area (Å²) in [5.41, 5.74) is 3.96. The molecule has 0 bridgehead atoms. The molecule has 8 nitrogen and oxygen atoms in total. The third-order valence-electron chi connectivity index (χ3n) is 7.92. The third-order valence-corrected chi connectivity index (χ3v) is 7.92. The Kier molecular flexibility index (Phi) is 9.52. The zero-order valence-electron chi connectivity index (χ0n) is 25.1. The maximum Gasteiger partial charge on any atom is 0.227 e. The summed E-state index contributed by atoms with van der Waals surface area (Å²) in [5.74, 6) is 2.29. The summed E-state index contributed by atoms with van der Waals surface area (Å²) in [6.45, 7) is 10.1. The fourth-order valence-corrected chi connectivity index (χ4v) is 5.83. The molecule has 0 unspecified atom stereocenters. The van der Waals surface area contributed by atoms with Crippen molar-refractivity contribution in [1.82, 2.24) is 19.4 Å². The summed E-state index contributed by atoms with van der Waals surface area (Å²) in [5, 5.41) is 0. The Hall–Kier alpha value is -4.20. The minimum atomic E-state index is 0.0831. The van der Waals surface area contributed by atoms with E-state index < -0.39 is 0 Å². The lowest BCUT2D eigenvalue weighted by Crippen LogP contribution is -2.39. The summed E-state index contributed by atoms with van der Waals surface area (Å²) >= 11 is 0. The quantitative estimate of drug-likeness (QED) is 0.287. The van der Waals surface area contributed by atoms with E-state index in [9.17, 15) is 9.59 Å². The first-order chi connectivity index (χ1) is 20.4. The molecule has 2 aromatic carbocycles. The second-order valence-corrected chi connectivity index (χ2v) is 11.4. The number of aromatic nitrogens is 3. The van der Waals surface area contributed by atoms with Crippen LogP contribution in [0.2, 0.25) is 0 Å². The van der Waals surface area contributed by atoms with Crippen LogP contribution in [-0.2, 0) is 29.1 Å². The average Bonchev–Trinajstić information content (AvgIpc) is 3.35. The number of carbonyl (C=O) groups excluding carboxylic acids is 2. The summed E-state index contributed by atoms with van der Waals surface area (Å²) in [4.78, 5) is 43.0. The first-order valence-electron chi connectivity index (χ1n) is 15.2. The van der Waals surface area contributed by atoms with Crippen LogP contribution in [0.25, 0.3) is 11.0 Å². The Labute approximate surface area is 249 Å². The lowest BCUT2D eigenvalue weighted by Gasteiger charge is -2.29. The lowest BCUT2D eigenvalue weighted by molar-refractivity contribution is -0.131. The van der Waals surface area contributed by atoms with Gasteiger partial charge >= 0.3 is 0 Å². The minimum absolute atomic E-state index is 0.0831. The molecular formula is C34H42N6O2. The van der Waals surface area contributed by atoms with Crippen molar-refractivity contribution < 1.29 is 9.59 Å². The van der Waals surface area contributed by atoms with Crippen molar-refractivity contribution in [2.24, 2.45) is 5.92 Å². The van der Waals surface area contributed by atoms with Gasteiger partial charge in [-0.2, -0.15) is 0 Å². The lowest BCUT2D eigenvalue weighted by atomic mass is 10.1. The number of hydrogen-bond donors (Lipinski definition) is 0. The molecule has 0 fully saturated rings. The van der Waals surface area contributed by atoms with Crippen molar-refractivity contribution in [2.75, 3.05) is 36.0 Å². The van der Waals surface area contributed by atoms with E-state index in [1.807, 2.05) is 64.4 Å². The summed E-state index contributed by atoms with van der Waals surface area (Å²) < 4.78 is 2.20. The van der Waals surface area contributed by atoms with E-state index in [4.69, 9.17) is 4.98 Å². The molecule has 0 spiro atoms. The highest BCUT2D eigenvalue weighted by atomic mass is 16.2. The van der Waals surface area contributed by atoms with E-state index in [0.29, 0.717) is 45.4 Å². The average molecular weight is 567 g/mol. The number of rotatable bonds is 7. The van der Waals surface area contributed by atoms with Gasteiger partial charge in [0, 0.05) is 70.4 Å². The van der Waals surface area contributed by atoms with Crippen LogP contribution in [0, 0.1) is 5.92 Å². The van der Waals surface area contributed by atoms with Crippen LogP contribution in [0.4, 0.5) is 11.5 Å². The van der Waals surface area contributed by atoms with Crippen molar-refractivity contribution in [1.29, 1.82) is 0 Å². The molecule has 8 heteroatoms. The zero-order chi connectivity index (χ0) is 29.5. The molecule has 3 heterocycles. The maximum absolute atomic E-state index is 13.9. The minimum Gasteiger partial charge on any atom is -0.355 e. The summed E-state index contributed by atoms with van der Waals surface area (Å²) in [7, 11) is 0. The molecule has 0 atom stereocenters. The molecule has 42 heavy (non-hydrogen) atoms. The van der Waals surface area contributed by atoms with Gasteiger partial charge in [-0.25, -0.2) is 9.97 Å². The number of pyridine rings is 1. The summed E-state index contributed by atoms with van der Waals surface area (Å²) in [6, 6.07) is 22.1. The van der Waals surface area contributed by atoms with Crippen molar-refractivity contribution >= 4 is 34.4 Å². The molecule has 0 saturated carbocycles. The van der Waals surface area contributed by atoms with E-state index in [1.54, 1.807) is 6.20 Å². The van der Waals surface area contributed by atoms with Gasteiger partial charge in [0.05, 0.1) is 11.0 Å². The number of para-hydroxylation sites is 3. The number of fused-ring (bicyclic) bond motifs is 2. The van der Waals surface area contributed by atoms with Crippen LogP contribution in [-0.4, -0.2) is 57.4 Å². The largest absolute Gasteiger partial charge is 0.355 e. The number of nitrogens with zero attached hydrogens (tertiary/aromatic N) is 6. The van der Waals surface area contributed by atoms with Crippen molar-refractivity contribution in [3.8, 4) is 0 Å². The van der Waals surface area contributed by atoms with E-state index in [0.717, 1.165) is 53.4 Å². The number of aryl methyl sites for hydroxylation is 2. The maximum atomic E-state index is 13.9. The van der Waals surface area contributed by atoms with E-state index in [2.05, 4.69) is 47.4 Å². The molecule has 220 valence electrons. The van der Waals surface area contributed by atoms with Gasteiger partial charge in [0.25, 0.3) is 0 Å². The smallest absolute Gasteiger partial charge is 0.227 e. The molecule has 0 N–H and O–H groups in total. The Morgan fingerprint density at radius 1 is 0.881 bits per heavy atom. The number of carbonyl (C=O) groups is 2. The zero-order valence-corrected chi connectivity index (χ0v) is 25.1. The molecule has 0 aliphatic carbocycles. The third kappa shape index (κ3) is 6.81. The van der Waals surface area contributed by atoms with E-state index in [1.165, 1.54) is 0 Å². The van der Waals surface area contributed by atoms with Crippen molar-refractivity contribution in [2.45, 2.75) is 59.5 Å². The molecular weight excluding hydrogens is 524 g/mol. The van der Waals surface area contributed by atoms with Crippen molar-refractivity contribution in [3.05, 3.63) is 84.3 Å². The first kappa shape index (κ1) is 29.3. The molecule has 1 aliphatic rings. The highest BCUT2D eigenvalue weighted by molar-refractivity contribution is 5.94. The van der Waals surface area contributed by atoms with E-state index >= 15 is 0 Å². The van der Waals surface area contributed by atoms with Crippen LogP contribution < -0.4 is 9.80 Å². The van der Waals surface area contributed by atoms with Crippen LogP contribution >= 0.6 is 0 Å². The first-order valence-corrected chi connectivity index (χ1v) is 15.2. The van der Waals surface area contributed by atoms with E-state index in [-0.39, 0.29) is 17.7 Å². The molecule has 2 aromatic heterocycles. The Morgan fingerprint density at radius 2 is 1.67 bits per heavy atom. The van der Waals surface area contributed by atoms with Crippen LogP contribution in [0.5, 0.6) is 0 Å². The fraction of sp³-hybridized carbons (Fsp3) is 0.412. The molecule has 0 radical (unpaired) electrons. The van der Waals surface area contributed by atoms with Gasteiger partial charge in [0.2, 0.25) is 11.8 Å². The highest BCUT2D eigenvalue weighted by Crippen LogP contribution is 2.26. The molecule has 2 amide bonds. The monoisotopic (exact) mass is 566 g/mol. The number of amides is 2. The van der Waals surface area contributed by atoms with Gasteiger partial charge in [-0.05, 0) is 55.2 Å². The normalized spacial score (nSPS) is 14.6. The Bertz CT molecular complexity index is 1500. The summed E-state index contributed by atoms with van der Waals surface area (Å²) in [6.07, 6.45) is 4.03. The Morgan fingerprint density at radius 3 is 2.45 bits per heavy atom. The van der Waals surface area contributed by atoms with Gasteiger partial charge in [-0.3, -0.25) is 9.59 Å². The van der Waals surface area contributed by atoms with Crippen LogP contribution in [0.1, 0.15) is 51.4 Å². The molecule has 0 saturated heterocycles. The Balaban J connectivity index is 1.43. The molecule has 4 aromatic rings. The molecule has 1 aliphatic heterocycles. The van der Waals surface area contributed by atoms with Crippen LogP contribution in [0.3, 0.4) is 0 Å². The van der Waals surface area contributed by atoms with Gasteiger partial charge < -0.3 is 19.3 Å². The second-order valence-electron chi connectivity index (χ2n) is 11.4. The topological polar surface area (TPSA) is 74.6 Å². The predicted molar refractivity (Wildman–Crippen MR) is 168 cm³/mol. The van der Waals surface area contributed by atoms with Gasteiger partial charge in [-0.1, -0.05) is 50.2 Å². The standard InChI is InChI=1S/C34H42N6O2/c1-4-39-30-15-8-6-13-28(30)36-32(39)17-18-33(41)38-23-22-37(31-16-9-10-19-35-31)20-11-21-40(34(42)24-26(2)3)29-14-7-5-12-27(29)25-38/h5-10,12-16,19,26H,4,11,17-18,20-25H2,1-3H3. The van der Waals surface area contributed by atoms with Gasteiger partial charge in [0.1, 0.15) is 11.6 Å². The number of benzene rings is 2. The number of hydrogen-bond acceptors (Lipinski definition) is 5.